The van der Waals surface area contributed by atoms with E-state index in [-0.39, 0.29) is 6.04 Å². The Labute approximate surface area is 147 Å². The Morgan fingerprint density at radius 2 is 1.67 bits per heavy atom. The van der Waals surface area contributed by atoms with Gasteiger partial charge in [-0.2, -0.15) is 0 Å². The van der Waals surface area contributed by atoms with Gasteiger partial charge in [-0.3, -0.25) is 9.71 Å². The molecule has 0 amide bonds. The summed E-state index contributed by atoms with van der Waals surface area (Å²) in [5, 5.41) is 0.540. The molecule has 0 aliphatic carbocycles. The van der Waals surface area contributed by atoms with Gasteiger partial charge in [0.1, 0.15) is 5.84 Å². The molecule has 1 aliphatic heterocycles. The van der Waals surface area contributed by atoms with E-state index in [9.17, 15) is 8.42 Å². The molecule has 0 spiro atoms. The molecule has 0 saturated carbocycles. The summed E-state index contributed by atoms with van der Waals surface area (Å²) >= 11 is 1.81. The first-order valence-electron chi connectivity index (χ1n) is 7.83. The smallest absolute Gasteiger partial charge is 0.263 e. The van der Waals surface area contributed by atoms with Crippen LogP contribution in [0.25, 0.3) is 0 Å². The van der Waals surface area contributed by atoms with E-state index in [1.807, 2.05) is 24.8 Å². The predicted octanol–water partition coefficient (Wildman–Crippen LogP) is 3.99. The summed E-state index contributed by atoms with van der Waals surface area (Å²) in [7, 11) is -3.49. The largest absolute Gasteiger partial charge is 0.263 e. The molecular formula is C18H20N2O2S2. The molecule has 1 atom stereocenters. The Morgan fingerprint density at radius 3 is 2.33 bits per heavy atom. The first-order chi connectivity index (χ1) is 11.4. The van der Waals surface area contributed by atoms with E-state index < -0.39 is 10.0 Å². The number of thioether (sulfide) groups is 1. The minimum absolute atomic E-state index is 0.132. The summed E-state index contributed by atoms with van der Waals surface area (Å²) in [5.41, 5.74) is 1.69. The van der Waals surface area contributed by atoms with Crippen molar-refractivity contribution in [2.24, 2.45) is 4.99 Å². The summed E-state index contributed by atoms with van der Waals surface area (Å²) in [5.74, 6) is 0.415. The van der Waals surface area contributed by atoms with Gasteiger partial charge in [-0.25, -0.2) is 8.42 Å². The van der Waals surface area contributed by atoms with E-state index in [2.05, 4.69) is 47.8 Å². The molecule has 2 aromatic rings. The average molecular weight is 361 g/mol. The SMILES string of the molecule is CC(C)Sc1ccc(C(C)N=C2NS(=O)(=O)c3ccccc32)cc1. The van der Waals surface area contributed by atoms with E-state index >= 15 is 0 Å². The third kappa shape index (κ3) is 3.49. The number of hydrogen-bond donors (Lipinski definition) is 1. The highest BCUT2D eigenvalue weighted by Crippen LogP contribution is 2.27. The van der Waals surface area contributed by atoms with Crippen molar-refractivity contribution in [3.63, 3.8) is 0 Å². The number of hydrogen-bond acceptors (Lipinski definition) is 4. The zero-order valence-corrected chi connectivity index (χ0v) is 15.5. The van der Waals surface area contributed by atoms with Crippen LogP contribution in [0, 0.1) is 0 Å². The third-order valence-electron chi connectivity index (χ3n) is 3.72. The summed E-state index contributed by atoms with van der Waals surface area (Å²) < 4.78 is 26.8. The second-order valence-electron chi connectivity index (χ2n) is 5.99. The van der Waals surface area contributed by atoms with Crippen LogP contribution in [0.3, 0.4) is 0 Å². The van der Waals surface area contributed by atoms with Crippen LogP contribution in [0.2, 0.25) is 0 Å². The lowest BCUT2D eigenvalue weighted by atomic mass is 10.1. The van der Waals surface area contributed by atoms with Crippen molar-refractivity contribution < 1.29 is 8.42 Å². The van der Waals surface area contributed by atoms with Crippen LogP contribution in [-0.4, -0.2) is 19.5 Å². The first kappa shape index (κ1) is 17.0. The zero-order valence-electron chi connectivity index (χ0n) is 13.9. The number of rotatable bonds is 4. The molecule has 6 heteroatoms. The highest BCUT2D eigenvalue weighted by molar-refractivity contribution is 7.99. The summed E-state index contributed by atoms with van der Waals surface area (Å²) in [4.78, 5) is 6.11. The van der Waals surface area contributed by atoms with Gasteiger partial charge in [-0.05, 0) is 36.8 Å². The quantitative estimate of drug-likeness (QED) is 0.839. The number of benzene rings is 2. The van der Waals surface area contributed by atoms with Crippen LogP contribution < -0.4 is 4.72 Å². The molecule has 3 rings (SSSR count). The van der Waals surface area contributed by atoms with Crippen molar-refractivity contribution in [1.29, 1.82) is 0 Å². The van der Waals surface area contributed by atoms with Crippen molar-refractivity contribution in [2.45, 2.75) is 41.9 Å². The van der Waals surface area contributed by atoms with Gasteiger partial charge in [-0.1, -0.05) is 38.1 Å². The molecular weight excluding hydrogens is 340 g/mol. The van der Waals surface area contributed by atoms with Gasteiger partial charge in [0.15, 0.2) is 0 Å². The second kappa shape index (κ2) is 6.61. The van der Waals surface area contributed by atoms with Crippen molar-refractivity contribution in [3.05, 3.63) is 59.7 Å². The molecule has 1 N–H and O–H groups in total. The third-order valence-corrected chi connectivity index (χ3v) is 6.13. The molecule has 0 bridgehead atoms. The lowest BCUT2D eigenvalue weighted by Gasteiger charge is -2.10. The maximum absolute atomic E-state index is 12.1. The Balaban J connectivity index is 1.87. The second-order valence-corrected chi connectivity index (χ2v) is 9.29. The molecule has 0 aromatic heterocycles. The highest BCUT2D eigenvalue weighted by atomic mass is 32.2. The van der Waals surface area contributed by atoms with E-state index in [0.29, 0.717) is 21.5 Å². The van der Waals surface area contributed by atoms with E-state index in [4.69, 9.17) is 0 Å². The molecule has 4 nitrogen and oxygen atoms in total. The number of aliphatic imine (C=N–C) groups is 1. The lowest BCUT2D eigenvalue weighted by molar-refractivity contribution is 0.595. The summed E-state index contributed by atoms with van der Waals surface area (Å²) in [6.45, 7) is 6.29. The molecule has 1 heterocycles. The molecule has 2 aromatic carbocycles. The fourth-order valence-corrected chi connectivity index (χ4v) is 4.67. The van der Waals surface area contributed by atoms with E-state index in [1.54, 1.807) is 18.2 Å². The fourth-order valence-electron chi connectivity index (χ4n) is 2.59. The van der Waals surface area contributed by atoms with Crippen LogP contribution in [0.15, 0.2) is 63.3 Å². The minimum Gasteiger partial charge on any atom is -0.263 e. The van der Waals surface area contributed by atoms with Gasteiger partial charge in [0.2, 0.25) is 0 Å². The minimum atomic E-state index is -3.49. The fraction of sp³-hybridized carbons (Fsp3) is 0.278. The number of sulfonamides is 1. The van der Waals surface area contributed by atoms with Crippen LogP contribution >= 0.6 is 11.8 Å². The molecule has 126 valence electrons. The Hall–Kier alpha value is -1.79. The van der Waals surface area contributed by atoms with Crippen LogP contribution in [-0.2, 0) is 10.0 Å². The lowest BCUT2D eigenvalue weighted by Crippen LogP contribution is -2.22. The molecule has 0 saturated heterocycles. The van der Waals surface area contributed by atoms with Gasteiger partial charge in [0.05, 0.1) is 10.9 Å². The molecule has 24 heavy (non-hydrogen) atoms. The van der Waals surface area contributed by atoms with E-state index in [1.165, 1.54) is 4.90 Å². The first-order valence-corrected chi connectivity index (χ1v) is 10.2. The van der Waals surface area contributed by atoms with E-state index in [0.717, 1.165) is 5.56 Å². The summed E-state index contributed by atoms with van der Waals surface area (Å²) in [6.07, 6.45) is 0. The highest BCUT2D eigenvalue weighted by Gasteiger charge is 2.30. The standard InChI is InChI=1S/C18H20N2O2S2/c1-12(2)23-15-10-8-14(9-11-15)13(3)19-18-16-6-4-5-7-17(16)24(21,22)20-18/h4-13H,1-3H3,(H,19,20). The molecule has 0 radical (unpaired) electrons. The van der Waals surface area contributed by atoms with Crippen LogP contribution in [0.5, 0.6) is 0 Å². The van der Waals surface area contributed by atoms with Gasteiger partial charge < -0.3 is 0 Å². The number of nitrogens with one attached hydrogen (secondary N) is 1. The summed E-state index contributed by atoms with van der Waals surface area (Å²) in [6, 6.07) is 15.1. The zero-order chi connectivity index (χ0) is 17.3. The predicted molar refractivity (Wildman–Crippen MR) is 99.2 cm³/mol. The Bertz CT molecular complexity index is 872. The molecule has 0 fully saturated rings. The number of nitrogens with zero attached hydrogens (tertiary/aromatic N) is 1. The average Bonchev–Trinajstić information content (AvgIpc) is 2.79. The topological polar surface area (TPSA) is 58.5 Å². The van der Waals surface area contributed by atoms with Gasteiger partial charge in [0, 0.05) is 15.7 Å². The van der Waals surface area contributed by atoms with Crippen molar-refractivity contribution in [2.75, 3.05) is 0 Å². The van der Waals surface area contributed by atoms with Crippen molar-refractivity contribution >= 4 is 27.6 Å². The maximum Gasteiger partial charge on any atom is 0.263 e. The normalized spacial score (nSPS) is 18.4. The van der Waals surface area contributed by atoms with Crippen molar-refractivity contribution in [1.82, 2.24) is 4.72 Å². The van der Waals surface area contributed by atoms with Gasteiger partial charge in [-0.15, -0.1) is 11.8 Å². The van der Waals surface area contributed by atoms with Gasteiger partial charge >= 0.3 is 0 Å². The monoisotopic (exact) mass is 360 g/mol. The molecule has 1 unspecified atom stereocenters. The maximum atomic E-state index is 12.1. The number of fused-ring (bicyclic) bond motifs is 1. The van der Waals surface area contributed by atoms with Crippen LogP contribution in [0.1, 0.15) is 37.9 Å². The van der Waals surface area contributed by atoms with Crippen molar-refractivity contribution in [3.8, 4) is 0 Å². The van der Waals surface area contributed by atoms with Gasteiger partial charge in [0.25, 0.3) is 10.0 Å². The number of amidine groups is 1. The van der Waals surface area contributed by atoms with Crippen LogP contribution in [0.4, 0.5) is 0 Å². The Morgan fingerprint density at radius 1 is 1.00 bits per heavy atom. The molecule has 1 aliphatic rings. The Kier molecular flexibility index (Phi) is 4.69.